The largest absolute Gasteiger partial charge is 0.494 e. The number of benzene rings is 2. The summed E-state index contributed by atoms with van der Waals surface area (Å²) in [6.07, 6.45) is 2.65. The number of carboxylic acid groups (broad SMARTS) is 2. The standard InChI is InChI=1S/C21H22N2O7/c24-20(25)15-11-16(21(26)27)13-19(12-15)30-10-7-14-5-8-22(9-6-14)17-1-3-18(4-2-17)23(28)29/h1-4,11-14H,5-10H2,(H,24,25)(H,26,27). The highest BCUT2D eigenvalue weighted by Crippen LogP contribution is 2.27. The van der Waals surface area contributed by atoms with E-state index in [1.807, 2.05) is 0 Å². The molecule has 158 valence electrons. The van der Waals surface area contributed by atoms with Crippen LogP contribution in [0, 0.1) is 16.0 Å². The van der Waals surface area contributed by atoms with Gasteiger partial charge in [0.25, 0.3) is 5.69 Å². The van der Waals surface area contributed by atoms with Crippen LogP contribution < -0.4 is 9.64 Å². The number of hydrogen-bond acceptors (Lipinski definition) is 6. The fourth-order valence-corrected chi connectivity index (χ4v) is 3.54. The maximum Gasteiger partial charge on any atom is 0.335 e. The molecular weight excluding hydrogens is 392 g/mol. The van der Waals surface area contributed by atoms with Gasteiger partial charge in [-0.15, -0.1) is 0 Å². The molecule has 0 saturated carbocycles. The van der Waals surface area contributed by atoms with Crippen molar-refractivity contribution in [3.63, 3.8) is 0 Å². The van der Waals surface area contributed by atoms with Gasteiger partial charge < -0.3 is 19.8 Å². The van der Waals surface area contributed by atoms with Crippen molar-refractivity contribution in [2.24, 2.45) is 5.92 Å². The molecule has 9 heteroatoms. The highest BCUT2D eigenvalue weighted by Gasteiger charge is 2.20. The second-order valence-corrected chi connectivity index (χ2v) is 7.20. The summed E-state index contributed by atoms with van der Waals surface area (Å²) >= 11 is 0. The van der Waals surface area contributed by atoms with E-state index in [-0.39, 0.29) is 22.6 Å². The van der Waals surface area contributed by atoms with Crippen LogP contribution in [0.25, 0.3) is 0 Å². The van der Waals surface area contributed by atoms with Crippen LogP contribution in [0.5, 0.6) is 5.75 Å². The van der Waals surface area contributed by atoms with Crippen LogP contribution in [0.15, 0.2) is 42.5 Å². The van der Waals surface area contributed by atoms with E-state index in [9.17, 15) is 19.7 Å². The predicted molar refractivity (Wildman–Crippen MR) is 109 cm³/mol. The molecule has 0 unspecified atom stereocenters. The van der Waals surface area contributed by atoms with E-state index in [2.05, 4.69) is 4.90 Å². The number of rotatable bonds is 8. The Bertz CT molecular complexity index is 903. The zero-order valence-electron chi connectivity index (χ0n) is 16.2. The summed E-state index contributed by atoms with van der Waals surface area (Å²) in [7, 11) is 0. The van der Waals surface area contributed by atoms with Crippen molar-refractivity contribution in [1.82, 2.24) is 0 Å². The van der Waals surface area contributed by atoms with Crippen molar-refractivity contribution in [3.8, 4) is 5.75 Å². The van der Waals surface area contributed by atoms with Gasteiger partial charge in [-0.05, 0) is 55.5 Å². The first-order valence-corrected chi connectivity index (χ1v) is 9.57. The molecule has 2 N–H and O–H groups in total. The minimum atomic E-state index is -1.21. The van der Waals surface area contributed by atoms with Crippen molar-refractivity contribution in [3.05, 3.63) is 63.7 Å². The van der Waals surface area contributed by atoms with Crippen LogP contribution in [0.2, 0.25) is 0 Å². The molecule has 1 aliphatic rings. The molecule has 1 heterocycles. The molecule has 0 atom stereocenters. The minimum absolute atomic E-state index is 0.0730. The molecule has 0 aliphatic carbocycles. The third-order valence-corrected chi connectivity index (χ3v) is 5.24. The van der Waals surface area contributed by atoms with E-state index in [0.717, 1.165) is 44.1 Å². The molecule has 9 nitrogen and oxygen atoms in total. The first kappa shape index (κ1) is 21.1. The fraction of sp³-hybridized carbons (Fsp3) is 0.333. The first-order valence-electron chi connectivity index (χ1n) is 9.57. The Morgan fingerprint density at radius 3 is 2.10 bits per heavy atom. The molecule has 30 heavy (non-hydrogen) atoms. The number of ether oxygens (including phenoxy) is 1. The highest BCUT2D eigenvalue weighted by molar-refractivity contribution is 5.94. The number of nitrogens with zero attached hydrogens (tertiary/aromatic N) is 2. The van der Waals surface area contributed by atoms with E-state index < -0.39 is 16.9 Å². The van der Waals surface area contributed by atoms with Crippen molar-refractivity contribution >= 4 is 23.3 Å². The predicted octanol–water partition coefficient (Wildman–Crippen LogP) is 3.68. The topological polar surface area (TPSA) is 130 Å². The molecule has 0 amide bonds. The Morgan fingerprint density at radius 2 is 1.60 bits per heavy atom. The zero-order chi connectivity index (χ0) is 21.7. The summed E-state index contributed by atoms with van der Waals surface area (Å²) in [5.41, 5.74) is 0.786. The molecule has 2 aromatic rings. The van der Waals surface area contributed by atoms with Gasteiger partial charge in [0.1, 0.15) is 5.75 Å². The Labute approximate surface area is 172 Å². The summed E-state index contributed by atoms with van der Waals surface area (Å²) in [6.45, 7) is 2.03. The van der Waals surface area contributed by atoms with E-state index in [1.54, 1.807) is 12.1 Å². The molecule has 1 fully saturated rings. The van der Waals surface area contributed by atoms with E-state index in [1.165, 1.54) is 24.3 Å². The third-order valence-electron chi connectivity index (χ3n) is 5.24. The monoisotopic (exact) mass is 414 g/mol. The van der Waals surface area contributed by atoms with E-state index in [4.69, 9.17) is 14.9 Å². The van der Waals surface area contributed by atoms with Crippen LogP contribution in [-0.2, 0) is 0 Å². The molecule has 2 aromatic carbocycles. The maximum atomic E-state index is 11.2. The van der Waals surface area contributed by atoms with Gasteiger partial charge in [0.05, 0.1) is 22.7 Å². The van der Waals surface area contributed by atoms with Crippen LogP contribution in [-0.4, -0.2) is 46.8 Å². The van der Waals surface area contributed by atoms with Crippen molar-refractivity contribution in [2.75, 3.05) is 24.6 Å². The number of hydrogen-bond donors (Lipinski definition) is 2. The zero-order valence-corrected chi connectivity index (χ0v) is 16.2. The molecule has 1 saturated heterocycles. The lowest BCUT2D eigenvalue weighted by molar-refractivity contribution is -0.384. The number of non-ortho nitro benzene ring substituents is 1. The van der Waals surface area contributed by atoms with Crippen molar-refractivity contribution in [1.29, 1.82) is 0 Å². The van der Waals surface area contributed by atoms with Gasteiger partial charge in [0.15, 0.2) is 0 Å². The summed E-state index contributed by atoms with van der Waals surface area (Å²) in [6, 6.07) is 10.3. The fourth-order valence-electron chi connectivity index (χ4n) is 3.54. The quantitative estimate of drug-likeness (QED) is 0.494. The Morgan fingerprint density at radius 1 is 1.03 bits per heavy atom. The number of nitro groups is 1. The van der Waals surface area contributed by atoms with Gasteiger partial charge in [-0.3, -0.25) is 10.1 Å². The summed E-state index contributed by atoms with van der Waals surface area (Å²) in [5, 5.41) is 29.0. The van der Waals surface area contributed by atoms with Crippen LogP contribution in [0.4, 0.5) is 11.4 Å². The number of carboxylic acids is 2. The van der Waals surface area contributed by atoms with E-state index >= 15 is 0 Å². The van der Waals surface area contributed by atoms with E-state index in [0.29, 0.717) is 12.5 Å². The summed E-state index contributed by atoms with van der Waals surface area (Å²) < 4.78 is 5.63. The Kier molecular flexibility index (Phi) is 6.51. The molecule has 1 aliphatic heterocycles. The maximum absolute atomic E-state index is 11.2. The third kappa shape index (κ3) is 5.25. The van der Waals surface area contributed by atoms with Gasteiger partial charge in [-0.25, -0.2) is 9.59 Å². The lowest BCUT2D eigenvalue weighted by atomic mass is 9.93. The van der Waals surface area contributed by atoms with Crippen molar-refractivity contribution < 1.29 is 29.5 Å². The highest BCUT2D eigenvalue weighted by atomic mass is 16.6. The van der Waals surface area contributed by atoms with Gasteiger partial charge >= 0.3 is 11.9 Å². The molecule has 0 radical (unpaired) electrons. The Hall–Kier alpha value is -3.62. The molecular formula is C21H22N2O7. The molecule has 0 bridgehead atoms. The normalized spacial score (nSPS) is 14.3. The summed E-state index contributed by atoms with van der Waals surface area (Å²) in [4.78, 5) is 34.9. The van der Waals surface area contributed by atoms with Gasteiger partial charge in [0, 0.05) is 30.9 Å². The number of aromatic carboxylic acids is 2. The molecule has 3 rings (SSSR count). The first-order chi connectivity index (χ1) is 14.3. The average molecular weight is 414 g/mol. The minimum Gasteiger partial charge on any atom is -0.494 e. The van der Waals surface area contributed by atoms with Crippen LogP contribution in [0.1, 0.15) is 40.0 Å². The van der Waals surface area contributed by atoms with Crippen molar-refractivity contribution in [2.45, 2.75) is 19.3 Å². The number of piperidine rings is 1. The second-order valence-electron chi connectivity index (χ2n) is 7.20. The van der Waals surface area contributed by atoms with Gasteiger partial charge in [0.2, 0.25) is 0 Å². The van der Waals surface area contributed by atoms with Crippen LogP contribution in [0.3, 0.4) is 0 Å². The second kappa shape index (κ2) is 9.25. The van der Waals surface area contributed by atoms with Crippen LogP contribution >= 0.6 is 0 Å². The Balaban J connectivity index is 1.50. The lowest BCUT2D eigenvalue weighted by Gasteiger charge is -2.33. The smallest absolute Gasteiger partial charge is 0.335 e. The molecule has 0 spiro atoms. The number of nitro benzene ring substituents is 1. The SMILES string of the molecule is O=C(O)c1cc(OCCC2CCN(c3ccc([N+](=O)[O-])cc3)CC2)cc(C(=O)O)c1. The van der Waals surface area contributed by atoms with Gasteiger partial charge in [-0.1, -0.05) is 0 Å². The average Bonchev–Trinajstić information content (AvgIpc) is 2.74. The summed E-state index contributed by atoms with van der Waals surface area (Å²) in [5.74, 6) is -1.75. The number of anilines is 1. The number of carbonyl (C=O) groups is 2. The molecule has 0 aromatic heterocycles. The lowest BCUT2D eigenvalue weighted by Crippen LogP contribution is -2.34. The van der Waals surface area contributed by atoms with Gasteiger partial charge in [-0.2, -0.15) is 0 Å².